The van der Waals surface area contributed by atoms with E-state index in [2.05, 4.69) is 78.4 Å². The Morgan fingerprint density at radius 2 is 1.17 bits per heavy atom. The van der Waals surface area contributed by atoms with E-state index in [4.69, 9.17) is 14.2 Å². The number of ether oxygens (including phenoxy) is 3. The summed E-state index contributed by atoms with van der Waals surface area (Å²) >= 11 is 0. The molecule has 226 valence electrons. The summed E-state index contributed by atoms with van der Waals surface area (Å²) in [6.45, 7) is 5.60. The van der Waals surface area contributed by atoms with Crippen LogP contribution in [0.25, 0.3) is 10.9 Å². The molecule has 0 bridgehead atoms. The number of rotatable bonds is 24. The molecule has 0 amide bonds. The lowest BCUT2D eigenvalue weighted by molar-refractivity contribution is -0.662. The lowest BCUT2D eigenvalue weighted by atomic mass is 10.0. The molecule has 0 fully saturated rings. The second kappa shape index (κ2) is 21.4. The van der Waals surface area contributed by atoms with Crippen molar-refractivity contribution in [1.29, 1.82) is 0 Å². The summed E-state index contributed by atoms with van der Waals surface area (Å²) in [5.74, 6) is 0. The Hall–Kier alpha value is -2.27. The Kier molecular flexibility index (Phi) is 17.4. The Bertz CT molecular complexity index is 1060. The summed E-state index contributed by atoms with van der Waals surface area (Å²) in [6, 6.07) is 21.3. The third kappa shape index (κ3) is 13.5. The van der Waals surface area contributed by atoms with Gasteiger partial charge in [-0.1, -0.05) is 127 Å². The molecule has 0 aliphatic rings. The van der Waals surface area contributed by atoms with Crippen molar-refractivity contribution in [3.63, 3.8) is 0 Å². The summed E-state index contributed by atoms with van der Waals surface area (Å²) in [4.78, 5) is 0. The van der Waals surface area contributed by atoms with Gasteiger partial charge in [0.25, 0.3) is 0 Å². The minimum absolute atomic E-state index is 0.0405. The zero-order valence-electron chi connectivity index (χ0n) is 26.0. The molecular formula is C37H56NO3+. The SMILES string of the molecule is CCCCCCCCCCCCCCCCOCC(COCc1ccccc1C[n+]1cccc2ccccc21)OC. The molecular weight excluding hydrogens is 506 g/mol. The highest BCUT2D eigenvalue weighted by atomic mass is 16.6. The Morgan fingerprint density at radius 3 is 1.85 bits per heavy atom. The van der Waals surface area contributed by atoms with Crippen molar-refractivity contribution in [2.75, 3.05) is 26.9 Å². The predicted molar refractivity (Wildman–Crippen MR) is 171 cm³/mol. The van der Waals surface area contributed by atoms with Crippen LogP contribution in [0.4, 0.5) is 0 Å². The summed E-state index contributed by atoms with van der Waals surface area (Å²) in [5, 5.41) is 1.25. The number of fused-ring (bicyclic) bond motifs is 1. The van der Waals surface area contributed by atoms with Gasteiger partial charge in [-0.25, -0.2) is 0 Å². The Balaban J connectivity index is 1.22. The van der Waals surface area contributed by atoms with Gasteiger partial charge in [-0.3, -0.25) is 0 Å². The number of pyridine rings is 1. The van der Waals surface area contributed by atoms with Gasteiger partial charge >= 0.3 is 0 Å². The van der Waals surface area contributed by atoms with Gasteiger partial charge in [0.15, 0.2) is 12.7 Å². The molecule has 0 saturated heterocycles. The van der Waals surface area contributed by atoms with Crippen molar-refractivity contribution in [2.24, 2.45) is 0 Å². The summed E-state index contributed by atoms with van der Waals surface area (Å²) in [6.07, 6.45) is 21.4. The predicted octanol–water partition coefficient (Wildman–Crippen LogP) is 9.21. The van der Waals surface area contributed by atoms with Gasteiger partial charge in [-0.05, 0) is 24.1 Å². The van der Waals surface area contributed by atoms with Gasteiger partial charge in [-0.2, -0.15) is 4.57 Å². The van der Waals surface area contributed by atoms with E-state index in [0.717, 1.165) is 19.6 Å². The molecule has 1 heterocycles. The number of benzene rings is 2. The van der Waals surface area contributed by atoms with Crippen molar-refractivity contribution in [2.45, 2.75) is 116 Å². The van der Waals surface area contributed by atoms with Gasteiger partial charge in [0.1, 0.15) is 6.10 Å². The van der Waals surface area contributed by atoms with Crippen LogP contribution >= 0.6 is 0 Å². The molecule has 1 atom stereocenters. The summed E-state index contributed by atoms with van der Waals surface area (Å²) in [7, 11) is 1.74. The molecule has 0 radical (unpaired) electrons. The molecule has 4 heteroatoms. The number of para-hydroxylation sites is 1. The van der Waals surface area contributed by atoms with Crippen molar-refractivity contribution in [3.8, 4) is 0 Å². The van der Waals surface area contributed by atoms with E-state index in [1.807, 2.05) is 0 Å². The lowest BCUT2D eigenvalue weighted by Crippen LogP contribution is -2.35. The van der Waals surface area contributed by atoms with Crippen LogP contribution in [-0.2, 0) is 27.4 Å². The molecule has 0 aliphatic heterocycles. The lowest BCUT2D eigenvalue weighted by Gasteiger charge is -2.16. The molecule has 2 aromatic carbocycles. The van der Waals surface area contributed by atoms with Gasteiger partial charge in [0.05, 0.1) is 19.8 Å². The number of aromatic nitrogens is 1. The topological polar surface area (TPSA) is 31.6 Å². The molecule has 3 aromatic rings. The fourth-order valence-electron chi connectivity index (χ4n) is 5.49. The monoisotopic (exact) mass is 562 g/mol. The first-order valence-electron chi connectivity index (χ1n) is 16.4. The minimum Gasteiger partial charge on any atom is -0.379 e. The smallest absolute Gasteiger partial charge is 0.212 e. The molecule has 0 N–H and O–H groups in total. The van der Waals surface area contributed by atoms with Gasteiger partial charge in [0.2, 0.25) is 5.52 Å². The van der Waals surface area contributed by atoms with E-state index in [1.54, 1.807) is 7.11 Å². The second-order valence-electron chi connectivity index (χ2n) is 11.5. The maximum atomic E-state index is 6.10. The van der Waals surface area contributed by atoms with E-state index >= 15 is 0 Å². The number of unbranched alkanes of at least 4 members (excludes halogenated alkanes) is 13. The van der Waals surface area contributed by atoms with Crippen molar-refractivity contribution in [3.05, 3.63) is 78.0 Å². The fraction of sp³-hybridized carbons (Fsp3) is 0.595. The molecule has 1 aromatic heterocycles. The number of nitrogens with zero attached hydrogens (tertiary/aromatic N) is 1. The van der Waals surface area contributed by atoms with Crippen LogP contribution in [-0.4, -0.2) is 33.0 Å². The first-order chi connectivity index (χ1) is 20.3. The fourth-order valence-corrected chi connectivity index (χ4v) is 5.49. The maximum absolute atomic E-state index is 6.10. The van der Waals surface area contributed by atoms with E-state index in [0.29, 0.717) is 19.8 Å². The van der Waals surface area contributed by atoms with E-state index in [1.165, 1.54) is 106 Å². The highest BCUT2D eigenvalue weighted by Crippen LogP contribution is 2.15. The van der Waals surface area contributed by atoms with Gasteiger partial charge in [0, 0.05) is 36.8 Å². The van der Waals surface area contributed by atoms with Crippen LogP contribution in [0.5, 0.6) is 0 Å². The molecule has 0 spiro atoms. The zero-order valence-corrected chi connectivity index (χ0v) is 26.0. The number of hydrogen-bond acceptors (Lipinski definition) is 3. The molecule has 4 nitrogen and oxygen atoms in total. The van der Waals surface area contributed by atoms with Gasteiger partial charge in [-0.15, -0.1) is 0 Å². The second-order valence-corrected chi connectivity index (χ2v) is 11.5. The van der Waals surface area contributed by atoms with Crippen molar-refractivity contribution < 1.29 is 18.8 Å². The molecule has 0 saturated carbocycles. The number of methoxy groups -OCH3 is 1. The van der Waals surface area contributed by atoms with Crippen LogP contribution in [0.15, 0.2) is 66.9 Å². The van der Waals surface area contributed by atoms with Crippen molar-refractivity contribution in [1.82, 2.24) is 0 Å². The van der Waals surface area contributed by atoms with Crippen LogP contribution in [0.2, 0.25) is 0 Å². The van der Waals surface area contributed by atoms with Crippen LogP contribution < -0.4 is 4.57 Å². The summed E-state index contributed by atoms with van der Waals surface area (Å²) in [5.41, 5.74) is 3.73. The Morgan fingerprint density at radius 1 is 0.610 bits per heavy atom. The third-order valence-electron chi connectivity index (χ3n) is 8.09. The maximum Gasteiger partial charge on any atom is 0.212 e. The standard InChI is InChI=1S/C37H56NO3/c1-3-4-5-6-7-8-9-10-11-12-13-14-15-20-28-40-31-36(39-2)32-41-30-35-24-17-16-23-34(35)29-38-27-21-25-33-22-18-19-26-37(33)38/h16-19,21-27,36H,3-15,20,28-32H2,1-2H3/q+1. The van der Waals surface area contributed by atoms with Gasteiger partial charge < -0.3 is 14.2 Å². The summed E-state index contributed by atoms with van der Waals surface area (Å²) < 4.78 is 20.0. The minimum atomic E-state index is -0.0405. The van der Waals surface area contributed by atoms with Crippen LogP contribution in [0, 0.1) is 0 Å². The third-order valence-corrected chi connectivity index (χ3v) is 8.09. The van der Waals surface area contributed by atoms with Crippen molar-refractivity contribution >= 4 is 10.9 Å². The molecule has 1 unspecified atom stereocenters. The molecule has 3 rings (SSSR count). The Labute approximate surface area is 250 Å². The number of hydrogen-bond donors (Lipinski definition) is 0. The zero-order chi connectivity index (χ0) is 28.8. The van der Waals surface area contributed by atoms with Crippen LogP contribution in [0.3, 0.4) is 0 Å². The van der Waals surface area contributed by atoms with E-state index in [-0.39, 0.29) is 6.10 Å². The highest BCUT2D eigenvalue weighted by molar-refractivity contribution is 5.74. The first-order valence-corrected chi connectivity index (χ1v) is 16.4. The highest BCUT2D eigenvalue weighted by Gasteiger charge is 2.13. The quantitative estimate of drug-likeness (QED) is 0.0805. The first kappa shape index (κ1) is 33.2. The largest absolute Gasteiger partial charge is 0.379 e. The van der Waals surface area contributed by atoms with Crippen LogP contribution in [0.1, 0.15) is 108 Å². The molecule has 41 heavy (non-hydrogen) atoms. The van der Waals surface area contributed by atoms with E-state index < -0.39 is 0 Å². The normalized spacial score (nSPS) is 12.2. The average Bonchev–Trinajstić information content (AvgIpc) is 3.01. The van der Waals surface area contributed by atoms with E-state index in [9.17, 15) is 0 Å². The average molecular weight is 563 g/mol. The molecule has 0 aliphatic carbocycles.